The molecule has 180 valence electrons. The topological polar surface area (TPSA) is 100 Å². The average molecular weight is 484 g/mol. The van der Waals surface area contributed by atoms with Gasteiger partial charge in [0.15, 0.2) is 9.84 Å². The third-order valence-electron chi connectivity index (χ3n) is 5.78. The van der Waals surface area contributed by atoms with Gasteiger partial charge in [-0.25, -0.2) is 8.42 Å². The Morgan fingerprint density at radius 3 is 2.41 bits per heavy atom. The number of rotatable bonds is 8. The Kier molecular flexibility index (Phi) is 6.86. The predicted molar refractivity (Wildman–Crippen MR) is 130 cm³/mol. The van der Waals surface area contributed by atoms with Crippen molar-refractivity contribution in [1.29, 1.82) is 0 Å². The third kappa shape index (κ3) is 5.20. The average Bonchev–Trinajstić information content (AvgIpc) is 2.72. The number of pyridine rings is 1. The minimum Gasteiger partial charge on any atom is -0.424 e. The minimum absolute atomic E-state index is 0.0253. The van der Waals surface area contributed by atoms with E-state index in [4.69, 9.17) is 9.47 Å². The van der Waals surface area contributed by atoms with Gasteiger partial charge in [0, 0.05) is 17.3 Å². The highest BCUT2D eigenvalue weighted by molar-refractivity contribution is 7.90. The van der Waals surface area contributed by atoms with Gasteiger partial charge in [-0.3, -0.25) is 4.79 Å². The fraction of sp³-hybridized carbons (Fsp3) is 0.400. The van der Waals surface area contributed by atoms with Crippen LogP contribution in [0.15, 0.2) is 41.3 Å². The van der Waals surface area contributed by atoms with E-state index in [1.807, 2.05) is 39.0 Å². The van der Waals surface area contributed by atoms with Crippen LogP contribution < -0.4 is 10.3 Å². The number of para-hydroxylation sites is 1. The number of hydrogen-bond donors (Lipinski definition) is 0. The van der Waals surface area contributed by atoms with Crippen molar-refractivity contribution >= 4 is 9.84 Å². The summed E-state index contributed by atoms with van der Waals surface area (Å²) >= 11 is 0. The summed E-state index contributed by atoms with van der Waals surface area (Å²) in [6, 6.07) is 9.26. The normalized spacial score (nSPS) is 14.1. The lowest BCUT2D eigenvalue weighted by Crippen LogP contribution is -2.37. The molecule has 2 aromatic heterocycles. The van der Waals surface area contributed by atoms with E-state index in [1.165, 1.54) is 0 Å². The lowest BCUT2D eigenvalue weighted by molar-refractivity contribution is -0.0248. The van der Waals surface area contributed by atoms with Crippen LogP contribution in [0.2, 0.25) is 0 Å². The first-order chi connectivity index (χ1) is 16.2. The number of nitrogens with zero attached hydrogens (tertiary/aromatic N) is 3. The van der Waals surface area contributed by atoms with E-state index >= 15 is 0 Å². The lowest BCUT2D eigenvalue weighted by Gasteiger charge is -2.28. The first kappa shape index (κ1) is 24.1. The molecule has 0 amide bonds. The molecule has 1 fully saturated rings. The quantitative estimate of drug-likeness (QED) is 0.479. The second-order valence-electron chi connectivity index (χ2n) is 8.76. The van der Waals surface area contributed by atoms with Gasteiger partial charge < -0.3 is 14.0 Å². The summed E-state index contributed by atoms with van der Waals surface area (Å²) in [5.74, 6) is 0.495. The largest absolute Gasteiger partial charge is 0.424 e. The van der Waals surface area contributed by atoms with Crippen LogP contribution >= 0.6 is 0 Å². The van der Waals surface area contributed by atoms with Crippen LogP contribution in [0, 0.1) is 20.8 Å². The van der Waals surface area contributed by atoms with Crippen LogP contribution in [-0.2, 0) is 20.3 Å². The van der Waals surface area contributed by atoms with Gasteiger partial charge in [-0.05, 0) is 50.5 Å². The fourth-order valence-electron chi connectivity index (χ4n) is 3.94. The number of hydrogen-bond acceptors (Lipinski definition) is 7. The van der Waals surface area contributed by atoms with Crippen LogP contribution in [0.25, 0.3) is 11.3 Å². The summed E-state index contributed by atoms with van der Waals surface area (Å²) in [6.07, 6.45) is 2.28. The van der Waals surface area contributed by atoms with Gasteiger partial charge in [0.2, 0.25) is 0 Å². The maximum atomic E-state index is 12.7. The molecule has 0 bridgehead atoms. The Labute approximate surface area is 199 Å². The molecule has 3 heterocycles. The second-order valence-corrected chi connectivity index (χ2v) is 10.9. The van der Waals surface area contributed by atoms with Crippen LogP contribution in [-0.4, -0.2) is 41.9 Å². The van der Waals surface area contributed by atoms with E-state index in [0.29, 0.717) is 47.9 Å². The van der Waals surface area contributed by atoms with Crippen LogP contribution in [0.3, 0.4) is 0 Å². The molecule has 0 aliphatic carbocycles. The van der Waals surface area contributed by atoms with Gasteiger partial charge in [0.05, 0.1) is 42.1 Å². The van der Waals surface area contributed by atoms with Gasteiger partial charge in [-0.1, -0.05) is 25.1 Å². The van der Waals surface area contributed by atoms with Gasteiger partial charge in [-0.2, -0.15) is 9.97 Å². The van der Waals surface area contributed by atoms with E-state index in [0.717, 1.165) is 11.1 Å². The Bertz CT molecular complexity index is 1360. The van der Waals surface area contributed by atoms with E-state index < -0.39 is 9.84 Å². The summed E-state index contributed by atoms with van der Waals surface area (Å²) in [5.41, 5.74) is 3.86. The summed E-state index contributed by atoms with van der Waals surface area (Å²) < 4.78 is 38.1. The molecule has 0 radical (unpaired) electrons. The molecule has 34 heavy (non-hydrogen) atoms. The lowest BCUT2D eigenvalue weighted by atomic mass is 10.1. The first-order valence-electron chi connectivity index (χ1n) is 11.3. The molecule has 1 saturated heterocycles. The van der Waals surface area contributed by atoms with Crippen molar-refractivity contribution in [3.8, 4) is 23.0 Å². The molecular formula is C25H29N3O5S. The maximum Gasteiger partial charge on any atom is 0.322 e. The van der Waals surface area contributed by atoms with Crippen LogP contribution in [0.1, 0.15) is 41.8 Å². The van der Waals surface area contributed by atoms with Crippen molar-refractivity contribution in [1.82, 2.24) is 14.5 Å². The van der Waals surface area contributed by atoms with E-state index in [2.05, 4.69) is 9.97 Å². The summed E-state index contributed by atoms with van der Waals surface area (Å²) in [7, 11) is -3.34. The number of aryl methyl sites for hydroxylation is 3. The molecule has 1 aliphatic rings. The second kappa shape index (κ2) is 9.68. The molecule has 0 spiro atoms. The Morgan fingerprint density at radius 2 is 1.79 bits per heavy atom. The Hall–Kier alpha value is -3.04. The van der Waals surface area contributed by atoms with Gasteiger partial charge in [-0.15, -0.1) is 0 Å². The van der Waals surface area contributed by atoms with Crippen molar-refractivity contribution in [3.05, 3.63) is 69.3 Å². The van der Waals surface area contributed by atoms with Crippen molar-refractivity contribution in [3.63, 3.8) is 0 Å². The van der Waals surface area contributed by atoms with Gasteiger partial charge in [0.25, 0.3) is 5.56 Å². The molecule has 8 nitrogen and oxygen atoms in total. The van der Waals surface area contributed by atoms with Crippen molar-refractivity contribution < 1.29 is 17.9 Å². The standard InChI is InChI=1S/C25H29N3O5S/c1-5-9-34(30,31)15-20-11-22(19-10-18(4)24(29)28(12-19)21-13-32-14-21)27-25(26-20)33-23-16(2)7-6-8-17(23)3/h6-8,10-12,21H,5,9,13-15H2,1-4H3. The monoisotopic (exact) mass is 483 g/mol. The van der Waals surface area contributed by atoms with Crippen molar-refractivity contribution in [2.45, 2.75) is 45.9 Å². The SMILES string of the molecule is CCCS(=O)(=O)Cc1cc(-c2cc(C)c(=O)n(C3COC3)c2)nc(Oc2c(C)cccc2C)n1. The van der Waals surface area contributed by atoms with E-state index in [-0.39, 0.29) is 29.1 Å². The van der Waals surface area contributed by atoms with Crippen LogP contribution in [0.5, 0.6) is 11.8 Å². The molecule has 3 aromatic rings. The number of sulfone groups is 1. The Morgan fingerprint density at radius 1 is 1.09 bits per heavy atom. The zero-order valence-corrected chi connectivity index (χ0v) is 20.7. The zero-order chi connectivity index (χ0) is 24.5. The fourth-order valence-corrected chi connectivity index (χ4v) is 5.31. The van der Waals surface area contributed by atoms with E-state index in [1.54, 1.807) is 29.8 Å². The number of benzene rings is 1. The predicted octanol–water partition coefficient (Wildman–Crippen LogP) is 3.92. The number of ether oxygens (including phenoxy) is 2. The maximum absolute atomic E-state index is 12.7. The van der Waals surface area contributed by atoms with Crippen molar-refractivity contribution in [2.24, 2.45) is 0 Å². The molecule has 0 N–H and O–H groups in total. The molecule has 4 rings (SSSR count). The summed E-state index contributed by atoms with van der Waals surface area (Å²) in [6.45, 7) is 8.40. The van der Waals surface area contributed by atoms with E-state index in [9.17, 15) is 13.2 Å². The summed E-state index contributed by atoms with van der Waals surface area (Å²) in [4.78, 5) is 21.7. The molecule has 9 heteroatoms. The molecule has 0 unspecified atom stereocenters. The molecular weight excluding hydrogens is 454 g/mol. The zero-order valence-electron chi connectivity index (χ0n) is 19.9. The smallest absolute Gasteiger partial charge is 0.322 e. The van der Waals surface area contributed by atoms with Crippen molar-refractivity contribution in [2.75, 3.05) is 19.0 Å². The third-order valence-corrected chi connectivity index (χ3v) is 7.54. The molecule has 1 aliphatic heterocycles. The number of aromatic nitrogens is 3. The first-order valence-corrected chi connectivity index (χ1v) is 13.1. The highest BCUT2D eigenvalue weighted by Gasteiger charge is 2.23. The molecule has 1 aromatic carbocycles. The minimum atomic E-state index is -3.34. The van der Waals surface area contributed by atoms with Crippen LogP contribution in [0.4, 0.5) is 0 Å². The van der Waals surface area contributed by atoms with Gasteiger partial charge >= 0.3 is 6.01 Å². The van der Waals surface area contributed by atoms with Gasteiger partial charge in [0.1, 0.15) is 5.75 Å². The summed E-state index contributed by atoms with van der Waals surface area (Å²) in [5, 5.41) is 0. The highest BCUT2D eigenvalue weighted by Crippen LogP contribution is 2.29. The molecule has 0 saturated carbocycles. The molecule has 0 atom stereocenters. The Balaban J connectivity index is 1.82. The highest BCUT2D eigenvalue weighted by atomic mass is 32.2.